The van der Waals surface area contributed by atoms with Crippen molar-refractivity contribution in [1.29, 1.82) is 0 Å². The van der Waals surface area contributed by atoms with Gasteiger partial charge in [0.2, 0.25) is 0 Å². The molecule has 1 aliphatic carbocycles. The zero-order chi connectivity index (χ0) is 9.26. The number of hydrogen-bond acceptors (Lipinski definition) is 1. The van der Waals surface area contributed by atoms with Crippen molar-refractivity contribution in [2.45, 2.75) is 12.3 Å². The first-order chi connectivity index (χ1) is 6.31. The van der Waals surface area contributed by atoms with Gasteiger partial charge >= 0.3 is 0 Å². The zero-order valence-electron chi connectivity index (χ0n) is 7.13. The van der Waals surface area contributed by atoms with Gasteiger partial charge < -0.3 is 0 Å². The lowest BCUT2D eigenvalue weighted by atomic mass is 10.1. The molecule has 0 saturated heterocycles. The summed E-state index contributed by atoms with van der Waals surface area (Å²) in [6, 6.07) is 6.82. The van der Waals surface area contributed by atoms with Crippen molar-refractivity contribution < 1.29 is 4.39 Å². The highest BCUT2D eigenvalue weighted by molar-refractivity contribution is 6.13. The zero-order valence-corrected chi connectivity index (χ0v) is 7.89. The average Bonchev–Trinajstić information content (AvgIpc) is 2.85. The molecule has 1 aromatic rings. The van der Waals surface area contributed by atoms with Gasteiger partial charge in [0.05, 0.1) is 0 Å². The quantitative estimate of drug-likeness (QED) is 0.739. The van der Waals surface area contributed by atoms with Crippen molar-refractivity contribution >= 4 is 11.8 Å². The highest BCUT2D eigenvalue weighted by Gasteiger charge is 2.37. The van der Waals surface area contributed by atoms with Gasteiger partial charge in [0.15, 0.2) is 0 Å². The fraction of sp³-hybridized carbons (Fsp3) is 0.400. The van der Waals surface area contributed by atoms with Crippen LogP contribution in [0.2, 0.25) is 0 Å². The summed E-state index contributed by atoms with van der Waals surface area (Å²) in [5.74, 6) is 0.934. The molecule has 1 N–H and O–H groups in total. The first-order valence-electron chi connectivity index (χ1n) is 4.40. The molecule has 0 spiro atoms. The summed E-state index contributed by atoms with van der Waals surface area (Å²) in [4.78, 5) is 2.62. The molecule has 1 aromatic carbocycles. The molecule has 3 heteroatoms. The Morgan fingerprint density at radius 1 is 1.54 bits per heavy atom. The predicted octanol–water partition coefficient (Wildman–Crippen LogP) is 2.67. The predicted molar refractivity (Wildman–Crippen MR) is 51.1 cm³/mol. The second kappa shape index (κ2) is 3.64. The van der Waals surface area contributed by atoms with E-state index >= 15 is 0 Å². The van der Waals surface area contributed by atoms with Crippen LogP contribution in [0.5, 0.6) is 0 Å². The molecule has 2 unspecified atom stereocenters. The minimum absolute atomic E-state index is 0.151. The van der Waals surface area contributed by atoms with Crippen LogP contribution >= 0.6 is 11.8 Å². The van der Waals surface area contributed by atoms with E-state index in [0.29, 0.717) is 11.8 Å². The molecule has 70 valence electrons. The summed E-state index contributed by atoms with van der Waals surface area (Å²) < 4.78 is 12.8. The lowest BCUT2D eigenvalue weighted by Gasteiger charge is -1.99. The van der Waals surface area contributed by atoms with E-state index in [1.165, 1.54) is 6.07 Å². The minimum atomic E-state index is -0.151. The molecule has 0 amide bonds. The number of rotatable bonds is 3. The van der Waals surface area contributed by atoms with Gasteiger partial charge in [-0.1, -0.05) is 12.1 Å². The summed E-state index contributed by atoms with van der Waals surface area (Å²) in [5.41, 5.74) is 1.09. The third kappa shape index (κ3) is 2.01. The number of benzene rings is 1. The van der Waals surface area contributed by atoms with E-state index in [9.17, 15) is 4.39 Å². The molecule has 13 heavy (non-hydrogen) atoms. The lowest BCUT2D eigenvalue weighted by molar-refractivity contribution is 0.624. The SMILES string of the molecule is Fc1cccc(C2CC2CNCl)c1. The van der Waals surface area contributed by atoms with Crippen molar-refractivity contribution in [3.05, 3.63) is 35.6 Å². The molecule has 0 heterocycles. The molecule has 1 aliphatic rings. The number of halogens is 2. The Labute approximate surface area is 82.0 Å². The van der Waals surface area contributed by atoms with Gasteiger partial charge in [0.1, 0.15) is 5.82 Å². The first-order valence-corrected chi connectivity index (χ1v) is 4.78. The number of nitrogens with one attached hydrogen (secondary N) is 1. The van der Waals surface area contributed by atoms with Crippen LogP contribution in [0.3, 0.4) is 0 Å². The van der Waals surface area contributed by atoms with Gasteiger partial charge in [-0.25, -0.2) is 9.23 Å². The molecule has 2 rings (SSSR count). The average molecular weight is 200 g/mol. The van der Waals surface area contributed by atoms with E-state index in [4.69, 9.17) is 11.8 Å². The van der Waals surface area contributed by atoms with Crippen LogP contribution in [0.4, 0.5) is 4.39 Å². The Bertz CT molecular complexity index is 303. The van der Waals surface area contributed by atoms with Crippen LogP contribution in [-0.2, 0) is 0 Å². The van der Waals surface area contributed by atoms with Gasteiger partial charge in [-0.3, -0.25) is 0 Å². The molecular formula is C10H11ClFN. The second-order valence-electron chi connectivity index (χ2n) is 3.50. The van der Waals surface area contributed by atoms with Crippen LogP contribution in [-0.4, -0.2) is 6.54 Å². The van der Waals surface area contributed by atoms with E-state index in [1.54, 1.807) is 12.1 Å². The molecule has 2 atom stereocenters. The maximum atomic E-state index is 12.8. The monoisotopic (exact) mass is 199 g/mol. The van der Waals surface area contributed by atoms with Crippen molar-refractivity contribution in [3.8, 4) is 0 Å². The molecule has 1 saturated carbocycles. The third-order valence-electron chi connectivity index (χ3n) is 2.54. The smallest absolute Gasteiger partial charge is 0.123 e. The summed E-state index contributed by atoms with van der Waals surface area (Å²) in [6.07, 6.45) is 1.11. The van der Waals surface area contributed by atoms with Crippen LogP contribution in [0.1, 0.15) is 17.9 Å². The molecule has 0 aromatic heterocycles. The molecule has 1 nitrogen and oxygen atoms in total. The van der Waals surface area contributed by atoms with Crippen LogP contribution in [0.15, 0.2) is 24.3 Å². The second-order valence-corrected chi connectivity index (χ2v) is 3.76. The van der Waals surface area contributed by atoms with Crippen molar-refractivity contribution in [2.24, 2.45) is 5.92 Å². The molecule has 0 radical (unpaired) electrons. The summed E-state index contributed by atoms with van der Waals surface area (Å²) in [7, 11) is 0. The van der Waals surface area contributed by atoms with Gasteiger partial charge in [0, 0.05) is 6.54 Å². The van der Waals surface area contributed by atoms with E-state index in [0.717, 1.165) is 18.5 Å². The highest BCUT2D eigenvalue weighted by atomic mass is 35.5. The molecule has 0 bridgehead atoms. The maximum absolute atomic E-state index is 12.8. The van der Waals surface area contributed by atoms with Crippen molar-refractivity contribution in [1.82, 2.24) is 4.84 Å². The van der Waals surface area contributed by atoms with Crippen LogP contribution < -0.4 is 4.84 Å². The Morgan fingerprint density at radius 2 is 2.38 bits per heavy atom. The molecular weight excluding hydrogens is 189 g/mol. The lowest BCUT2D eigenvalue weighted by Crippen LogP contribution is -2.03. The topological polar surface area (TPSA) is 12.0 Å². The largest absolute Gasteiger partial charge is 0.233 e. The Kier molecular flexibility index (Phi) is 2.51. The normalized spacial score (nSPS) is 26.0. The van der Waals surface area contributed by atoms with E-state index in [1.807, 2.05) is 6.07 Å². The standard InChI is InChI=1S/C10H11ClFN/c11-13-6-8-5-10(8)7-2-1-3-9(12)4-7/h1-4,8,10,13H,5-6H2. The summed E-state index contributed by atoms with van der Waals surface area (Å²) in [6.45, 7) is 0.808. The van der Waals surface area contributed by atoms with Crippen LogP contribution in [0, 0.1) is 11.7 Å². The van der Waals surface area contributed by atoms with Crippen molar-refractivity contribution in [3.63, 3.8) is 0 Å². The maximum Gasteiger partial charge on any atom is 0.123 e. The van der Waals surface area contributed by atoms with Gasteiger partial charge in [-0.2, -0.15) is 0 Å². The Balaban J connectivity index is 2.03. The Hall–Kier alpha value is -0.600. The van der Waals surface area contributed by atoms with E-state index < -0.39 is 0 Å². The third-order valence-corrected chi connectivity index (χ3v) is 2.69. The summed E-state index contributed by atoms with van der Waals surface area (Å²) in [5, 5.41) is 0. The van der Waals surface area contributed by atoms with E-state index in [2.05, 4.69) is 4.84 Å². The minimum Gasteiger partial charge on any atom is -0.233 e. The van der Waals surface area contributed by atoms with Gasteiger partial charge in [-0.15, -0.1) is 0 Å². The molecule has 0 aliphatic heterocycles. The number of hydrogen-bond donors (Lipinski definition) is 1. The van der Waals surface area contributed by atoms with Gasteiger partial charge in [0.25, 0.3) is 0 Å². The Morgan fingerprint density at radius 3 is 3.08 bits per heavy atom. The van der Waals surface area contributed by atoms with Gasteiger partial charge in [-0.05, 0) is 47.7 Å². The first kappa shape index (κ1) is 8.97. The van der Waals surface area contributed by atoms with E-state index in [-0.39, 0.29) is 5.82 Å². The van der Waals surface area contributed by atoms with Crippen LogP contribution in [0.25, 0.3) is 0 Å². The highest BCUT2D eigenvalue weighted by Crippen LogP contribution is 2.46. The molecule has 1 fully saturated rings. The fourth-order valence-electron chi connectivity index (χ4n) is 1.72. The summed E-state index contributed by atoms with van der Waals surface area (Å²) >= 11 is 5.40. The van der Waals surface area contributed by atoms with Crippen molar-refractivity contribution in [2.75, 3.05) is 6.54 Å². The fourth-order valence-corrected chi connectivity index (χ4v) is 1.92.